The first-order valence-electron chi connectivity index (χ1n) is 5.42. The molecule has 1 aromatic carbocycles. The Morgan fingerprint density at radius 1 is 1.38 bits per heavy atom. The lowest BCUT2D eigenvalue weighted by Gasteiger charge is -2.34. The van der Waals surface area contributed by atoms with E-state index in [1.807, 2.05) is 0 Å². The molecule has 1 fully saturated rings. The minimum atomic E-state index is -1.42. The van der Waals surface area contributed by atoms with Crippen LogP contribution < -0.4 is 5.73 Å². The Morgan fingerprint density at radius 3 is 2.81 bits per heavy atom. The minimum Gasteiger partial charge on any atom is -0.328 e. The Kier molecular flexibility index (Phi) is 3.43. The van der Waals surface area contributed by atoms with Crippen LogP contribution in [-0.2, 0) is 5.67 Å². The highest BCUT2D eigenvalue weighted by atomic mass is 35.5. The molecule has 2 unspecified atom stereocenters. The Bertz CT molecular complexity index is 397. The van der Waals surface area contributed by atoms with Crippen LogP contribution in [0.3, 0.4) is 0 Å². The summed E-state index contributed by atoms with van der Waals surface area (Å²) in [5.74, 6) is 0. The number of benzene rings is 1. The predicted octanol–water partition coefficient (Wildman–Crippen LogP) is 4.06. The monoisotopic (exact) mass is 261 g/mol. The van der Waals surface area contributed by atoms with Crippen LogP contribution in [0.1, 0.15) is 31.2 Å². The van der Waals surface area contributed by atoms with E-state index in [1.54, 1.807) is 18.2 Å². The van der Waals surface area contributed by atoms with Gasteiger partial charge in [0, 0.05) is 18.0 Å². The van der Waals surface area contributed by atoms with Gasteiger partial charge in [0.25, 0.3) is 0 Å². The van der Waals surface area contributed by atoms with Crippen molar-refractivity contribution >= 4 is 23.2 Å². The Morgan fingerprint density at radius 2 is 2.12 bits per heavy atom. The summed E-state index contributed by atoms with van der Waals surface area (Å²) in [4.78, 5) is 0. The van der Waals surface area contributed by atoms with Crippen LogP contribution in [0.4, 0.5) is 4.39 Å². The molecule has 0 saturated heterocycles. The van der Waals surface area contributed by atoms with Crippen LogP contribution >= 0.6 is 23.2 Å². The molecule has 1 aliphatic rings. The van der Waals surface area contributed by atoms with Gasteiger partial charge in [-0.25, -0.2) is 4.39 Å². The summed E-state index contributed by atoms with van der Waals surface area (Å²) in [6.45, 7) is 0. The van der Waals surface area contributed by atoms with Crippen LogP contribution in [0.25, 0.3) is 0 Å². The first-order chi connectivity index (χ1) is 7.53. The van der Waals surface area contributed by atoms with Crippen molar-refractivity contribution in [2.75, 3.05) is 0 Å². The fourth-order valence-electron chi connectivity index (χ4n) is 2.36. The smallest absolute Gasteiger partial charge is 0.139 e. The molecule has 0 heterocycles. The molecule has 0 amide bonds. The average Bonchev–Trinajstić information content (AvgIpc) is 2.21. The van der Waals surface area contributed by atoms with E-state index in [0.29, 0.717) is 28.5 Å². The highest BCUT2D eigenvalue weighted by molar-refractivity contribution is 6.42. The van der Waals surface area contributed by atoms with Crippen molar-refractivity contribution in [1.29, 1.82) is 0 Å². The summed E-state index contributed by atoms with van der Waals surface area (Å²) < 4.78 is 14.8. The molecule has 1 nitrogen and oxygen atoms in total. The van der Waals surface area contributed by atoms with E-state index in [2.05, 4.69) is 0 Å². The van der Waals surface area contributed by atoms with E-state index in [9.17, 15) is 4.39 Å². The summed E-state index contributed by atoms with van der Waals surface area (Å²) in [5, 5.41) is 0.719. The van der Waals surface area contributed by atoms with Gasteiger partial charge in [0.2, 0.25) is 0 Å². The summed E-state index contributed by atoms with van der Waals surface area (Å²) in [7, 11) is 0. The Labute approximate surface area is 105 Å². The first kappa shape index (κ1) is 12.2. The van der Waals surface area contributed by atoms with Gasteiger partial charge in [-0.05, 0) is 25.3 Å². The number of hydrogen-bond donors (Lipinski definition) is 1. The second-order valence-corrected chi connectivity index (χ2v) is 5.21. The van der Waals surface area contributed by atoms with E-state index >= 15 is 0 Å². The molecule has 2 N–H and O–H groups in total. The van der Waals surface area contributed by atoms with Gasteiger partial charge in [-0.3, -0.25) is 0 Å². The molecule has 1 aliphatic carbocycles. The molecule has 1 aromatic rings. The number of alkyl halides is 1. The molecular weight excluding hydrogens is 248 g/mol. The molecule has 0 aliphatic heterocycles. The van der Waals surface area contributed by atoms with Gasteiger partial charge in [-0.1, -0.05) is 35.3 Å². The van der Waals surface area contributed by atoms with Crippen LogP contribution in [0, 0.1) is 0 Å². The lowest BCUT2D eigenvalue weighted by atomic mass is 9.79. The predicted molar refractivity (Wildman–Crippen MR) is 65.7 cm³/mol. The molecular formula is C12H14Cl2FN. The molecule has 0 bridgehead atoms. The van der Waals surface area contributed by atoms with Crippen molar-refractivity contribution in [2.45, 2.75) is 37.4 Å². The molecule has 2 atom stereocenters. The van der Waals surface area contributed by atoms with Gasteiger partial charge in [0.15, 0.2) is 0 Å². The highest BCUT2D eigenvalue weighted by Crippen LogP contribution is 2.44. The molecule has 0 aromatic heterocycles. The fraction of sp³-hybridized carbons (Fsp3) is 0.500. The van der Waals surface area contributed by atoms with E-state index in [4.69, 9.17) is 28.9 Å². The second-order valence-electron chi connectivity index (χ2n) is 4.42. The molecule has 0 radical (unpaired) electrons. The zero-order valence-electron chi connectivity index (χ0n) is 8.85. The molecule has 88 valence electrons. The highest BCUT2D eigenvalue weighted by Gasteiger charge is 2.38. The van der Waals surface area contributed by atoms with Crippen molar-refractivity contribution in [2.24, 2.45) is 5.73 Å². The van der Waals surface area contributed by atoms with Gasteiger partial charge in [-0.15, -0.1) is 0 Å². The molecule has 0 spiro atoms. The number of halogens is 3. The average molecular weight is 262 g/mol. The number of hydrogen-bond acceptors (Lipinski definition) is 1. The van der Waals surface area contributed by atoms with E-state index in [0.717, 1.165) is 12.8 Å². The topological polar surface area (TPSA) is 26.0 Å². The lowest BCUT2D eigenvalue weighted by molar-refractivity contribution is 0.0949. The van der Waals surface area contributed by atoms with Crippen LogP contribution in [0.15, 0.2) is 18.2 Å². The quantitative estimate of drug-likeness (QED) is 0.811. The van der Waals surface area contributed by atoms with Crippen LogP contribution in [0.2, 0.25) is 10.0 Å². The van der Waals surface area contributed by atoms with Gasteiger partial charge >= 0.3 is 0 Å². The molecule has 2 rings (SSSR count). The van der Waals surface area contributed by atoms with Crippen LogP contribution in [0.5, 0.6) is 0 Å². The Balaban J connectivity index is 2.38. The van der Waals surface area contributed by atoms with E-state index in [1.165, 1.54) is 0 Å². The third-order valence-electron chi connectivity index (χ3n) is 3.17. The molecule has 1 saturated carbocycles. The van der Waals surface area contributed by atoms with Crippen molar-refractivity contribution in [3.8, 4) is 0 Å². The maximum atomic E-state index is 14.8. The largest absolute Gasteiger partial charge is 0.328 e. The first-order valence-corrected chi connectivity index (χ1v) is 6.17. The zero-order chi connectivity index (χ0) is 11.8. The van der Waals surface area contributed by atoms with Gasteiger partial charge in [0.05, 0.1) is 10.0 Å². The third kappa shape index (κ3) is 2.20. The summed E-state index contributed by atoms with van der Waals surface area (Å²) in [6.07, 6.45) is 2.47. The van der Waals surface area contributed by atoms with E-state index in [-0.39, 0.29) is 6.04 Å². The maximum Gasteiger partial charge on any atom is 0.139 e. The van der Waals surface area contributed by atoms with Gasteiger partial charge < -0.3 is 5.73 Å². The van der Waals surface area contributed by atoms with Gasteiger partial charge in [-0.2, -0.15) is 0 Å². The van der Waals surface area contributed by atoms with Crippen molar-refractivity contribution in [3.05, 3.63) is 33.8 Å². The number of rotatable bonds is 1. The number of nitrogens with two attached hydrogens (primary N) is 1. The van der Waals surface area contributed by atoms with Crippen molar-refractivity contribution in [1.82, 2.24) is 0 Å². The molecule has 4 heteroatoms. The van der Waals surface area contributed by atoms with Crippen molar-refractivity contribution in [3.63, 3.8) is 0 Å². The standard InChI is InChI=1S/C12H14Cl2FN/c13-10-5-1-4-9(11(10)14)12(15)6-2-3-8(16)7-12/h1,4-5,8H,2-3,6-7,16H2. The maximum absolute atomic E-state index is 14.8. The third-order valence-corrected chi connectivity index (χ3v) is 3.99. The summed E-state index contributed by atoms with van der Waals surface area (Å²) in [5.41, 5.74) is 4.89. The van der Waals surface area contributed by atoms with Crippen molar-refractivity contribution < 1.29 is 4.39 Å². The fourth-order valence-corrected chi connectivity index (χ4v) is 2.83. The van der Waals surface area contributed by atoms with Crippen LogP contribution in [-0.4, -0.2) is 6.04 Å². The Hall–Kier alpha value is -0.310. The minimum absolute atomic E-state index is 0.0891. The normalized spacial score (nSPS) is 30.4. The second kappa shape index (κ2) is 4.52. The zero-order valence-corrected chi connectivity index (χ0v) is 10.4. The van der Waals surface area contributed by atoms with Gasteiger partial charge in [0.1, 0.15) is 5.67 Å². The summed E-state index contributed by atoms with van der Waals surface area (Å²) >= 11 is 12.0. The van der Waals surface area contributed by atoms with E-state index < -0.39 is 5.67 Å². The summed E-state index contributed by atoms with van der Waals surface area (Å²) in [6, 6.07) is 5.00. The molecule has 16 heavy (non-hydrogen) atoms. The lowest BCUT2D eigenvalue weighted by Crippen LogP contribution is -2.36. The SMILES string of the molecule is NC1CCCC(F)(c2cccc(Cl)c2Cl)C1.